The zero-order chi connectivity index (χ0) is 18.4. The van der Waals surface area contributed by atoms with E-state index in [0.717, 1.165) is 5.56 Å². The van der Waals surface area contributed by atoms with Crippen LogP contribution in [-0.2, 0) is 0 Å². The van der Waals surface area contributed by atoms with Crippen LogP contribution in [-0.4, -0.2) is 47.4 Å². The number of aliphatic hydroxyl groups excluding tert-OH is 2. The molecule has 2 aromatic carbocycles. The standard InChI is InChI=1S/C19H22O6/c1-24-18-9-12(4-7-15(18)21)3-6-14(17(23)11-20)13-5-8-16(22)19(10-13)25-2/h3-10,14,17,20-23H,11H2,1-2H3/t14-,17?/m1/s1. The molecule has 6 heteroatoms. The van der Waals surface area contributed by atoms with Crippen molar-refractivity contribution in [3.8, 4) is 23.0 Å². The van der Waals surface area contributed by atoms with E-state index in [1.807, 2.05) is 0 Å². The Morgan fingerprint density at radius 3 is 2.16 bits per heavy atom. The van der Waals surface area contributed by atoms with Gasteiger partial charge in [0.15, 0.2) is 23.0 Å². The van der Waals surface area contributed by atoms with Crippen LogP contribution in [0.5, 0.6) is 23.0 Å². The first-order chi connectivity index (χ1) is 12.0. The second kappa shape index (κ2) is 8.41. The highest BCUT2D eigenvalue weighted by Gasteiger charge is 2.19. The number of rotatable bonds is 7. The van der Waals surface area contributed by atoms with Gasteiger partial charge in [-0.1, -0.05) is 24.3 Å². The molecular weight excluding hydrogens is 324 g/mol. The van der Waals surface area contributed by atoms with E-state index in [1.165, 1.54) is 26.4 Å². The monoisotopic (exact) mass is 346 g/mol. The van der Waals surface area contributed by atoms with Gasteiger partial charge in [-0.3, -0.25) is 0 Å². The zero-order valence-corrected chi connectivity index (χ0v) is 14.1. The number of methoxy groups -OCH3 is 2. The molecule has 134 valence electrons. The number of benzene rings is 2. The van der Waals surface area contributed by atoms with Crippen molar-refractivity contribution in [2.45, 2.75) is 12.0 Å². The lowest BCUT2D eigenvalue weighted by Crippen LogP contribution is -2.21. The van der Waals surface area contributed by atoms with Crippen LogP contribution in [0, 0.1) is 0 Å². The number of aliphatic hydroxyl groups is 2. The van der Waals surface area contributed by atoms with E-state index < -0.39 is 18.6 Å². The molecule has 0 heterocycles. The first-order valence-electron chi connectivity index (χ1n) is 7.71. The average Bonchev–Trinajstić information content (AvgIpc) is 2.63. The summed E-state index contributed by atoms with van der Waals surface area (Å²) in [6, 6.07) is 9.62. The summed E-state index contributed by atoms with van der Waals surface area (Å²) < 4.78 is 10.2. The molecule has 0 spiro atoms. The van der Waals surface area contributed by atoms with Gasteiger partial charge in [-0.05, 0) is 35.4 Å². The Kier molecular flexibility index (Phi) is 6.27. The molecule has 25 heavy (non-hydrogen) atoms. The van der Waals surface area contributed by atoms with Crippen molar-refractivity contribution in [2.24, 2.45) is 0 Å². The fourth-order valence-electron chi connectivity index (χ4n) is 2.49. The van der Waals surface area contributed by atoms with Gasteiger partial charge in [0, 0.05) is 5.92 Å². The summed E-state index contributed by atoms with van der Waals surface area (Å²) >= 11 is 0. The van der Waals surface area contributed by atoms with Gasteiger partial charge < -0.3 is 29.9 Å². The van der Waals surface area contributed by atoms with E-state index in [9.17, 15) is 20.4 Å². The largest absolute Gasteiger partial charge is 0.504 e. The predicted octanol–water partition coefficient (Wildman–Crippen LogP) is 2.27. The number of hydrogen-bond donors (Lipinski definition) is 4. The maximum atomic E-state index is 10.2. The lowest BCUT2D eigenvalue weighted by atomic mass is 9.92. The first kappa shape index (κ1) is 18.6. The third kappa shape index (κ3) is 4.43. The molecule has 0 fully saturated rings. The Morgan fingerprint density at radius 1 is 0.960 bits per heavy atom. The average molecular weight is 346 g/mol. The number of aromatic hydroxyl groups is 2. The van der Waals surface area contributed by atoms with Crippen LogP contribution in [0.2, 0.25) is 0 Å². The Bertz CT molecular complexity index is 741. The first-order valence-corrected chi connectivity index (χ1v) is 7.71. The molecule has 0 radical (unpaired) electrons. The number of ether oxygens (including phenoxy) is 2. The van der Waals surface area contributed by atoms with Crippen LogP contribution in [0.25, 0.3) is 6.08 Å². The Hall–Kier alpha value is -2.70. The van der Waals surface area contributed by atoms with Crippen LogP contribution >= 0.6 is 0 Å². The van der Waals surface area contributed by atoms with Crippen molar-refractivity contribution in [1.29, 1.82) is 0 Å². The summed E-state index contributed by atoms with van der Waals surface area (Å²) in [6.07, 6.45) is 2.47. The third-order valence-electron chi connectivity index (χ3n) is 3.89. The van der Waals surface area contributed by atoms with E-state index in [1.54, 1.807) is 36.4 Å². The Morgan fingerprint density at radius 2 is 1.56 bits per heavy atom. The summed E-state index contributed by atoms with van der Waals surface area (Å²) in [5, 5.41) is 38.9. The fraction of sp³-hybridized carbons (Fsp3) is 0.263. The van der Waals surface area contributed by atoms with E-state index in [2.05, 4.69) is 0 Å². The van der Waals surface area contributed by atoms with Gasteiger partial charge in [0.25, 0.3) is 0 Å². The zero-order valence-electron chi connectivity index (χ0n) is 14.1. The predicted molar refractivity (Wildman–Crippen MR) is 94.2 cm³/mol. The van der Waals surface area contributed by atoms with Crippen LogP contribution in [0.3, 0.4) is 0 Å². The van der Waals surface area contributed by atoms with Gasteiger partial charge in [-0.15, -0.1) is 0 Å². The number of hydrogen-bond acceptors (Lipinski definition) is 6. The van der Waals surface area contributed by atoms with Crippen molar-refractivity contribution in [3.05, 3.63) is 53.6 Å². The highest BCUT2D eigenvalue weighted by Crippen LogP contribution is 2.32. The van der Waals surface area contributed by atoms with Gasteiger partial charge in [0.1, 0.15) is 0 Å². The number of phenolic OH excluding ortho intramolecular Hbond substituents is 2. The van der Waals surface area contributed by atoms with Crippen molar-refractivity contribution in [1.82, 2.24) is 0 Å². The van der Waals surface area contributed by atoms with Crippen molar-refractivity contribution >= 4 is 6.08 Å². The molecule has 0 aliphatic heterocycles. The van der Waals surface area contributed by atoms with Gasteiger partial charge in [-0.2, -0.15) is 0 Å². The molecular formula is C19H22O6. The molecule has 0 saturated carbocycles. The lowest BCUT2D eigenvalue weighted by Gasteiger charge is -2.19. The molecule has 6 nitrogen and oxygen atoms in total. The summed E-state index contributed by atoms with van der Waals surface area (Å²) in [4.78, 5) is 0. The molecule has 2 rings (SSSR count). The quantitative estimate of drug-likeness (QED) is 0.614. The second-order valence-corrected chi connectivity index (χ2v) is 5.50. The van der Waals surface area contributed by atoms with E-state index in [0.29, 0.717) is 11.3 Å². The minimum Gasteiger partial charge on any atom is -0.504 e. The van der Waals surface area contributed by atoms with Crippen molar-refractivity contribution in [2.75, 3.05) is 20.8 Å². The normalized spacial score (nSPS) is 13.6. The van der Waals surface area contributed by atoms with E-state index >= 15 is 0 Å². The van der Waals surface area contributed by atoms with E-state index in [-0.39, 0.29) is 17.2 Å². The summed E-state index contributed by atoms with van der Waals surface area (Å²) in [5.74, 6) is 0.143. The SMILES string of the molecule is COc1cc(C=C[C@H](c2ccc(O)c(OC)c2)C(O)CO)ccc1O. The topological polar surface area (TPSA) is 99.4 Å². The lowest BCUT2D eigenvalue weighted by molar-refractivity contribution is 0.0842. The third-order valence-corrected chi connectivity index (χ3v) is 3.89. The minimum atomic E-state index is -1.02. The van der Waals surface area contributed by atoms with Crippen LogP contribution < -0.4 is 9.47 Å². The molecule has 0 bridgehead atoms. The fourth-order valence-corrected chi connectivity index (χ4v) is 2.49. The molecule has 2 atom stereocenters. The smallest absolute Gasteiger partial charge is 0.161 e. The van der Waals surface area contributed by atoms with Crippen LogP contribution in [0.1, 0.15) is 17.0 Å². The maximum Gasteiger partial charge on any atom is 0.161 e. The van der Waals surface area contributed by atoms with Crippen molar-refractivity contribution < 1.29 is 29.9 Å². The van der Waals surface area contributed by atoms with Crippen LogP contribution in [0.4, 0.5) is 0 Å². The van der Waals surface area contributed by atoms with E-state index in [4.69, 9.17) is 9.47 Å². The number of phenols is 2. The molecule has 0 aliphatic rings. The molecule has 2 aromatic rings. The molecule has 0 saturated heterocycles. The Labute approximate surface area is 146 Å². The second-order valence-electron chi connectivity index (χ2n) is 5.50. The van der Waals surface area contributed by atoms with Crippen LogP contribution in [0.15, 0.2) is 42.5 Å². The minimum absolute atomic E-state index is 0.00395. The Balaban J connectivity index is 2.35. The highest BCUT2D eigenvalue weighted by molar-refractivity contribution is 5.57. The van der Waals surface area contributed by atoms with Gasteiger partial charge in [0.05, 0.1) is 26.9 Å². The van der Waals surface area contributed by atoms with Crippen molar-refractivity contribution in [3.63, 3.8) is 0 Å². The van der Waals surface area contributed by atoms with Gasteiger partial charge >= 0.3 is 0 Å². The summed E-state index contributed by atoms with van der Waals surface area (Å²) in [7, 11) is 2.90. The molecule has 1 unspecified atom stereocenters. The molecule has 0 aliphatic carbocycles. The molecule has 0 amide bonds. The summed E-state index contributed by atoms with van der Waals surface area (Å²) in [6.45, 7) is -0.420. The summed E-state index contributed by atoms with van der Waals surface area (Å²) in [5.41, 5.74) is 1.44. The maximum absolute atomic E-state index is 10.2. The van der Waals surface area contributed by atoms with Gasteiger partial charge in [0.2, 0.25) is 0 Å². The van der Waals surface area contributed by atoms with Gasteiger partial charge in [-0.25, -0.2) is 0 Å². The molecule has 0 aromatic heterocycles. The highest BCUT2D eigenvalue weighted by atomic mass is 16.5. The molecule has 4 N–H and O–H groups in total.